The molecule has 0 radical (unpaired) electrons. The Morgan fingerprint density at radius 2 is 2.35 bits per heavy atom. The summed E-state index contributed by atoms with van der Waals surface area (Å²) >= 11 is 3.14. The summed E-state index contributed by atoms with van der Waals surface area (Å²) < 4.78 is 0.936. The molecule has 2 rings (SSSR count). The van der Waals surface area contributed by atoms with Gasteiger partial charge in [0.15, 0.2) is 0 Å². The number of hydrogen-bond acceptors (Lipinski definition) is 5. The number of nitriles is 1. The number of benzene rings is 1. The molecular formula is C14H15N3OS2. The molecule has 20 heavy (non-hydrogen) atoms. The van der Waals surface area contributed by atoms with Crippen LogP contribution in [0.5, 0.6) is 0 Å². The summed E-state index contributed by atoms with van der Waals surface area (Å²) in [5.74, 6) is 1.31. The molecule has 1 aromatic carbocycles. The van der Waals surface area contributed by atoms with Gasteiger partial charge in [0.05, 0.1) is 23.9 Å². The SMILES string of the molecule is CN(CCC#N)C(=O)CSC1=Nc2ccccc2CS1. The molecule has 0 saturated heterocycles. The second kappa shape index (κ2) is 7.36. The first kappa shape index (κ1) is 14.9. The van der Waals surface area contributed by atoms with E-state index in [2.05, 4.69) is 11.1 Å². The Balaban J connectivity index is 1.88. The fraction of sp³-hybridized carbons (Fsp3) is 0.357. The van der Waals surface area contributed by atoms with Crippen LogP contribution in [0.15, 0.2) is 29.3 Å². The van der Waals surface area contributed by atoms with Gasteiger partial charge in [-0.15, -0.1) is 0 Å². The standard InChI is InChI=1S/C14H15N3OS2/c1-17(8-4-7-15)13(18)10-20-14-16-12-6-3-2-5-11(12)9-19-14/h2-3,5-6H,4,8-10H2,1H3. The molecule has 1 aliphatic heterocycles. The summed E-state index contributed by atoms with van der Waals surface area (Å²) in [7, 11) is 1.73. The summed E-state index contributed by atoms with van der Waals surface area (Å²) in [6.07, 6.45) is 0.371. The van der Waals surface area contributed by atoms with Gasteiger partial charge < -0.3 is 4.90 Å². The molecule has 0 unspecified atom stereocenters. The van der Waals surface area contributed by atoms with Crippen molar-refractivity contribution in [2.24, 2.45) is 4.99 Å². The first-order valence-electron chi connectivity index (χ1n) is 6.24. The average Bonchev–Trinajstić information content (AvgIpc) is 2.50. The Labute approximate surface area is 127 Å². The number of hydrogen-bond donors (Lipinski definition) is 0. The maximum absolute atomic E-state index is 11.9. The van der Waals surface area contributed by atoms with E-state index in [0.717, 1.165) is 15.8 Å². The van der Waals surface area contributed by atoms with Crippen LogP contribution in [0, 0.1) is 11.3 Å². The van der Waals surface area contributed by atoms with Crippen molar-refractivity contribution in [3.63, 3.8) is 0 Å². The van der Waals surface area contributed by atoms with E-state index in [4.69, 9.17) is 5.26 Å². The molecule has 0 fully saturated rings. The van der Waals surface area contributed by atoms with E-state index < -0.39 is 0 Å². The van der Waals surface area contributed by atoms with E-state index in [0.29, 0.717) is 18.7 Å². The van der Waals surface area contributed by atoms with Gasteiger partial charge in [-0.1, -0.05) is 41.7 Å². The number of aliphatic imine (C=N–C) groups is 1. The molecule has 0 aromatic heterocycles. The minimum atomic E-state index is 0.0346. The number of carbonyl (C=O) groups is 1. The number of amides is 1. The first-order chi connectivity index (χ1) is 9.70. The van der Waals surface area contributed by atoms with Crippen molar-refractivity contribution in [3.8, 4) is 6.07 Å². The Hall–Kier alpha value is -1.45. The quantitative estimate of drug-likeness (QED) is 0.858. The maximum atomic E-state index is 11.9. The van der Waals surface area contributed by atoms with E-state index in [1.807, 2.05) is 24.3 Å². The van der Waals surface area contributed by atoms with Crippen LogP contribution in [-0.2, 0) is 10.5 Å². The van der Waals surface area contributed by atoms with Crippen LogP contribution in [0.4, 0.5) is 5.69 Å². The molecule has 1 aliphatic rings. The molecule has 0 N–H and O–H groups in total. The third kappa shape index (κ3) is 4.02. The van der Waals surface area contributed by atoms with E-state index in [9.17, 15) is 4.79 Å². The first-order valence-corrected chi connectivity index (χ1v) is 8.21. The topological polar surface area (TPSA) is 56.5 Å². The highest BCUT2D eigenvalue weighted by molar-refractivity contribution is 8.38. The molecule has 0 atom stereocenters. The molecule has 6 heteroatoms. The van der Waals surface area contributed by atoms with Gasteiger partial charge in [-0.25, -0.2) is 4.99 Å². The third-order valence-corrected chi connectivity index (χ3v) is 5.09. The summed E-state index contributed by atoms with van der Waals surface area (Å²) in [5, 5.41) is 8.51. The van der Waals surface area contributed by atoms with Gasteiger partial charge in [0.2, 0.25) is 5.91 Å². The lowest BCUT2D eigenvalue weighted by atomic mass is 10.2. The van der Waals surface area contributed by atoms with Crippen LogP contribution in [-0.4, -0.2) is 34.5 Å². The largest absolute Gasteiger partial charge is 0.344 e. The Morgan fingerprint density at radius 3 is 3.15 bits per heavy atom. The van der Waals surface area contributed by atoms with Crippen LogP contribution < -0.4 is 0 Å². The van der Waals surface area contributed by atoms with Crippen molar-refractivity contribution in [2.45, 2.75) is 12.2 Å². The summed E-state index contributed by atoms with van der Waals surface area (Å²) in [5.41, 5.74) is 2.23. The zero-order valence-corrected chi connectivity index (χ0v) is 12.8. The van der Waals surface area contributed by atoms with Crippen molar-refractivity contribution in [1.29, 1.82) is 5.26 Å². The van der Waals surface area contributed by atoms with Crippen LogP contribution in [0.1, 0.15) is 12.0 Å². The smallest absolute Gasteiger partial charge is 0.232 e. The Kier molecular flexibility index (Phi) is 5.50. The lowest BCUT2D eigenvalue weighted by Gasteiger charge is -2.17. The van der Waals surface area contributed by atoms with Gasteiger partial charge in [-0.2, -0.15) is 5.26 Å². The molecule has 0 saturated carbocycles. The number of carbonyl (C=O) groups excluding carboxylic acids is 1. The molecule has 104 valence electrons. The number of rotatable bonds is 4. The molecule has 4 nitrogen and oxygen atoms in total. The minimum Gasteiger partial charge on any atom is -0.344 e. The van der Waals surface area contributed by atoms with Crippen molar-refractivity contribution >= 4 is 39.5 Å². The molecular weight excluding hydrogens is 290 g/mol. The predicted octanol–water partition coefficient (Wildman–Crippen LogP) is 3.03. The van der Waals surface area contributed by atoms with E-state index in [1.165, 1.54) is 17.3 Å². The number of nitrogens with zero attached hydrogens (tertiary/aromatic N) is 3. The van der Waals surface area contributed by atoms with Gasteiger partial charge in [-0.3, -0.25) is 4.79 Å². The Morgan fingerprint density at radius 1 is 1.55 bits per heavy atom. The molecule has 1 aromatic rings. The predicted molar refractivity (Wildman–Crippen MR) is 85.2 cm³/mol. The summed E-state index contributed by atoms with van der Waals surface area (Å²) in [4.78, 5) is 18.0. The van der Waals surface area contributed by atoms with Gasteiger partial charge in [0, 0.05) is 19.3 Å². The lowest BCUT2D eigenvalue weighted by Crippen LogP contribution is -2.29. The van der Waals surface area contributed by atoms with Crippen LogP contribution in [0.25, 0.3) is 0 Å². The van der Waals surface area contributed by atoms with E-state index in [-0.39, 0.29) is 5.91 Å². The zero-order valence-electron chi connectivity index (χ0n) is 11.2. The fourth-order valence-electron chi connectivity index (χ4n) is 1.66. The highest BCUT2D eigenvalue weighted by Crippen LogP contribution is 2.34. The van der Waals surface area contributed by atoms with Crippen molar-refractivity contribution < 1.29 is 4.79 Å². The lowest BCUT2D eigenvalue weighted by molar-refractivity contribution is -0.127. The van der Waals surface area contributed by atoms with Crippen molar-refractivity contribution in [3.05, 3.63) is 29.8 Å². The normalized spacial score (nSPS) is 13.1. The van der Waals surface area contributed by atoms with Gasteiger partial charge in [0.25, 0.3) is 0 Å². The monoisotopic (exact) mass is 305 g/mol. The van der Waals surface area contributed by atoms with Crippen molar-refractivity contribution in [1.82, 2.24) is 4.90 Å². The van der Waals surface area contributed by atoms with Crippen molar-refractivity contribution in [2.75, 3.05) is 19.3 Å². The average molecular weight is 305 g/mol. The molecule has 0 aliphatic carbocycles. The number of para-hydroxylation sites is 1. The van der Waals surface area contributed by atoms with Gasteiger partial charge in [0.1, 0.15) is 4.38 Å². The third-order valence-electron chi connectivity index (χ3n) is 2.86. The number of fused-ring (bicyclic) bond motifs is 1. The second-order valence-electron chi connectivity index (χ2n) is 4.31. The summed E-state index contributed by atoms with van der Waals surface area (Å²) in [6, 6.07) is 10.1. The van der Waals surface area contributed by atoms with E-state index in [1.54, 1.807) is 23.7 Å². The molecule has 0 spiro atoms. The maximum Gasteiger partial charge on any atom is 0.232 e. The van der Waals surface area contributed by atoms with Crippen LogP contribution >= 0.6 is 23.5 Å². The highest BCUT2D eigenvalue weighted by Gasteiger charge is 2.15. The summed E-state index contributed by atoms with van der Waals surface area (Å²) in [6.45, 7) is 0.484. The second-order valence-corrected chi connectivity index (χ2v) is 6.49. The molecule has 1 amide bonds. The number of thioether (sulfide) groups is 2. The van der Waals surface area contributed by atoms with E-state index >= 15 is 0 Å². The zero-order chi connectivity index (χ0) is 14.4. The van der Waals surface area contributed by atoms with Crippen LogP contribution in [0.3, 0.4) is 0 Å². The highest BCUT2D eigenvalue weighted by atomic mass is 32.2. The van der Waals surface area contributed by atoms with Gasteiger partial charge in [-0.05, 0) is 11.6 Å². The molecule has 0 bridgehead atoms. The Bertz CT molecular complexity index is 566. The fourth-order valence-corrected chi connectivity index (χ4v) is 3.67. The van der Waals surface area contributed by atoms with Gasteiger partial charge >= 0.3 is 0 Å². The molecule has 1 heterocycles. The van der Waals surface area contributed by atoms with Crippen LogP contribution in [0.2, 0.25) is 0 Å². The minimum absolute atomic E-state index is 0.0346.